The average Bonchev–Trinajstić information content (AvgIpc) is 3.56. The molecular formula is C24H26N10O. The largest absolute Gasteiger partial charge is 0.339 e. The van der Waals surface area contributed by atoms with Crippen molar-refractivity contribution in [2.45, 2.75) is 6.54 Å². The van der Waals surface area contributed by atoms with Gasteiger partial charge in [0.1, 0.15) is 6.54 Å². The Bertz CT molecular complexity index is 1520. The van der Waals surface area contributed by atoms with Crippen LogP contribution in [0.15, 0.2) is 55.0 Å². The van der Waals surface area contributed by atoms with E-state index in [9.17, 15) is 4.79 Å². The highest BCUT2D eigenvalue weighted by molar-refractivity contribution is 5.84. The van der Waals surface area contributed by atoms with Gasteiger partial charge >= 0.3 is 0 Å². The van der Waals surface area contributed by atoms with Gasteiger partial charge in [0, 0.05) is 56.6 Å². The van der Waals surface area contributed by atoms with Crippen LogP contribution in [-0.4, -0.2) is 83.1 Å². The van der Waals surface area contributed by atoms with Crippen molar-refractivity contribution in [1.29, 1.82) is 0 Å². The summed E-state index contributed by atoms with van der Waals surface area (Å²) >= 11 is 0. The van der Waals surface area contributed by atoms with Crippen molar-refractivity contribution in [2.24, 2.45) is 7.05 Å². The number of nitrogens with one attached hydrogen (secondary N) is 1. The molecule has 1 aliphatic heterocycles. The molecular weight excluding hydrogens is 444 g/mol. The van der Waals surface area contributed by atoms with Crippen LogP contribution in [-0.2, 0) is 18.4 Å². The second kappa shape index (κ2) is 8.51. The molecule has 0 bridgehead atoms. The summed E-state index contributed by atoms with van der Waals surface area (Å²) in [5, 5.41) is 17.7. The van der Waals surface area contributed by atoms with Gasteiger partial charge in [0.2, 0.25) is 11.9 Å². The molecule has 11 heteroatoms. The second-order valence-corrected chi connectivity index (χ2v) is 8.93. The number of aromatic nitrogens is 7. The molecule has 1 N–H and O–H groups in total. The number of anilines is 2. The number of fused-ring (bicyclic) bond motifs is 2. The average molecular weight is 471 g/mol. The fourth-order valence-corrected chi connectivity index (χ4v) is 4.42. The Kier molecular flexibility index (Phi) is 5.18. The Labute approximate surface area is 201 Å². The summed E-state index contributed by atoms with van der Waals surface area (Å²) in [7, 11) is 3.99. The number of nitrogens with zero attached hydrogens (tertiary/aromatic N) is 9. The number of amides is 1. The minimum Gasteiger partial charge on any atom is -0.339 e. The highest BCUT2D eigenvalue weighted by Crippen LogP contribution is 2.25. The molecule has 5 heterocycles. The van der Waals surface area contributed by atoms with E-state index >= 15 is 0 Å². The molecule has 4 aromatic heterocycles. The van der Waals surface area contributed by atoms with Crippen molar-refractivity contribution in [3.63, 3.8) is 0 Å². The molecule has 5 aromatic rings. The first-order valence-electron chi connectivity index (χ1n) is 11.6. The zero-order valence-electron chi connectivity index (χ0n) is 19.7. The first-order chi connectivity index (χ1) is 17.0. The number of pyridine rings is 1. The maximum absolute atomic E-state index is 12.6. The van der Waals surface area contributed by atoms with Gasteiger partial charge in [0.15, 0.2) is 5.65 Å². The molecule has 0 saturated carbocycles. The molecule has 11 nitrogen and oxygen atoms in total. The van der Waals surface area contributed by atoms with E-state index in [0.29, 0.717) is 5.95 Å². The molecule has 0 radical (unpaired) electrons. The van der Waals surface area contributed by atoms with Crippen LogP contribution in [0.5, 0.6) is 0 Å². The van der Waals surface area contributed by atoms with E-state index in [1.807, 2.05) is 57.7 Å². The minimum absolute atomic E-state index is 0.0776. The molecule has 1 fully saturated rings. The third-order valence-electron chi connectivity index (χ3n) is 6.32. The Morgan fingerprint density at radius 1 is 1.03 bits per heavy atom. The van der Waals surface area contributed by atoms with Gasteiger partial charge in [-0.15, -0.1) is 5.10 Å². The van der Waals surface area contributed by atoms with E-state index in [1.54, 1.807) is 17.1 Å². The van der Waals surface area contributed by atoms with Crippen LogP contribution >= 0.6 is 0 Å². The fourth-order valence-electron chi connectivity index (χ4n) is 4.42. The number of hydrogen-bond acceptors (Lipinski definition) is 7. The third-order valence-corrected chi connectivity index (χ3v) is 6.32. The molecule has 35 heavy (non-hydrogen) atoms. The van der Waals surface area contributed by atoms with E-state index < -0.39 is 0 Å². The van der Waals surface area contributed by atoms with Crippen LogP contribution in [0, 0.1) is 0 Å². The summed E-state index contributed by atoms with van der Waals surface area (Å²) in [6.07, 6.45) is 5.48. The maximum Gasteiger partial charge on any atom is 0.247 e. The Morgan fingerprint density at radius 3 is 2.74 bits per heavy atom. The number of carbonyl (C=O) groups excluding carboxylic acids is 1. The van der Waals surface area contributed by atoms with Gasteiger partial charge in [0.05, 0.1) is 23.1 Å². The number of hydrogen-bond donors (Lipinski definition) is 1. The number of carbonyl (C=O) groups is 1. The lowest BCUT2D eigenvalue weighted by Gasteiger charge is -2.32. The Balaban J connectivity index is 1.20. The maximum atomic E-state index is 12.6. The fraction of sp³-hybridized carbons (Fsp3) is 0.292. The molecule has 178 valence electrons. The van der Waals surface area contributed by atoms with Gasteiger partial charge in [-0.2, -0.15) is 15.2 Å². The molecule has 1 saturated heterocycles. The van der Waals surface area contributed by atoms with Crippen molar-refractivity contribution in [3.8, 4) is 11.3 Å². The predicted molar refractivity (Wildman–Crippen MR) is 132 cm³/mol. The summed E-state index contributed by atoms with van der Waals surface area (Å²) in [4.78, 5) is 21.3. The molecule has 0 atom stereocenters. The quantitative estimate of drug-likeness (QED) is 0.419. The summed E-state index contributed by atoms with van der Waals surface area (Å²) in [6.45, 7) is 3.52. The summed E-state index contributed by atoms with van der Waals surface area (Å²) in [5.74, 6) is 0.540. The monoisotopic (exact) mass is 470 g/mol. The number of rotatable bonds is 5. The zero-order chi connectivity index (χ0) is 23.9. The van der Waals surface area contributed by atoms with Crippen LogP contribution in [0.1, 0.15) is 0 Å². The lowest BCUT2D eigenvalue weighted by atomic mass is 10.1. The molecule has 1 aliphatic rings. The summed E-state index contributed by atoms with van der Waals surface area (Å²) < 4.78 is 5.28. The van der Waals surface area contributed by atoms with Gasteiger partial charge in [-0.3, -0.25) is 14.2 Å². The first kappa shape index (κ1) is 21.3. The van der Waals surface area contributed by atoms with Crippen molar-refractivity contribution >= 4 is 34.1 Å². The van der Waals surface area contributed by atoms with E-state index in [1.165, 1.54) is 0 Å². The molecule has 6 rings (SSSR count). The van der Waals surface area contributed by atoms with Crippen LogP contribution < -0.4 is 5.32 Å². The van der Waals surface area contributed by atoms with E-state index in [4.69, 9.17) is 0 Å². The van der Waals surface area contributed by atoms with Crippen LogP contribution in [0.4, 0.5) is 11.6 Å². The normalized spacial score (nSPS) is 14.7. The van der Waals surface area contributed by atoms with Gasteiger partial charge in [0.25, 0.3) is 0 Å². The minimum atomic E-state index is 0.0776. The highest BCUT2D eigenvalue weighted by Gasteiger charge is 2.19. The lowest BCUT2D eigenvalue weighted by Crippen LogP contribution is -2.48. The molecule has 0 unspecified atom stereocenters. The SMILES string of the molecule is CN1CCN(C(=O)Cn2cc(Nc3nc4cccc(-c5ccc6nn(C)cc6c5)n4n3)cn2)CC1. The Hall–Kier alpha value is -4.25. The van der Waals surface area contributed by atoms with Crippen molar-refractivity contribution < 1.29 is 4.79 Å². The first-order valence-corrected chi connectivity index (χ1v) is 11.6. The molecule has 0 aliphatic carbocycles. The highest BCUT2D eigenvalue weighted by atomic mass is 16.2. The van der Waals surface area contributed by atoms with Gasteiger partial charge < -0.3 is 15.1 Å². The van der Waals surface area contributed by atoms with Crippen molar-refractivity contribution in [1.82, 2.24) is 44.0 Å². The zero-order valence-corrected chi connectivity index (χ0v) is 19.7. The van der Waals surface area contributed by atoms with Crippen molar-refractivity contribution in [2.75, 3.05) is 38.5 Å². The van der Waals surface area contributed by atoms with E-state index in [-0.39, 0.29) is 12.5 Å². The standard InChI is InChI=1S/C24H26N10O/c1-30-8-10-32(11-9-30)23(35)16-33-15-19(13-25-33)26-24-27-22-5-3-4-21(34(22)29-24)17-6-7-20-18(12-17)14-31(2)28-20/h3-7,12-15H,8-11,16H2,1-2H3,(H,26,29). The smallest absolute Gasteiger partial charge is 0.247 e. The lowest BCUT2D eigenvalue weighted by molar-refractivity contribution is -0.133. The van der Waals surface area contributed by atoms with E-state index in [2.05, 4.69) is 43.6 Å². The number of aryl methyl sites for hydroxylation is 1. The number of benzene rings is 1. The Morgan fingerprint density at radius 2 is 1.89 bits per heavy atom. The second-order valence-electron chi connectivity index (χ2n) is 8.93. The molecule has 1 amide bonds. The number of likely N-dealkylation sites (N-methyl/N-ethyl adjacent to an activating group) is 1. The van der Waals surface area contributed by atoms with Gasteiger partial charge in [-0.25, -0.2) is 4.52 Å². The summed E-state index contributed by atoms with van der Waals surface area (Å²) in [5.41, 5.74) is 4.37. The third kappa shape index (κ3) is 4.21. The van der Waals surface area contributed by atoms with Gasteiger partial charge in [-0.05, 0) is 31.3 Å². The molecule has 1 aromatic carbocycles. The van der Waals surface area contributed by atoms with Gasteiger partial charge in [-0.1, -0.05) is 12.1 Å². The summed E-state index contributed by atoms with van der Waals surface area (Å²) in [6, 6.07) is 12.1. The van der Waals surface area contributed by atoms with Crippen molar-refractivity contribution in [3.05, 3.63) is 55.0 Å². The predicted octanol–water partition coefficient (Wildman–Crippen LogP) is 2.00. The number of piperazine rings is 1. The topological polar surface area (TPSA) is 101 Å². The van der Waals surface area contributed by atoms with Crippen LogP contribution in [0.3, 0.4) is 0 Å². The van der Waals surface area contributed by atoms with Crippen LogP contribution in [0.2, 0.25) is 0 Å². The van der Waals surface area contributed by atoms with Crippen LogP contribution in [0.25, 0.3) is 27.8 Å². The van der Waals surface area contributed by atoms with E-state index in [0.717, 1.165) is 59.7 Å². The molecule has 0 spiro atoms.